The number of carbonyl (C=O) groups excluding carboxylic acids is 1. The normalized spacial score (nSPS) is 10.7. The van der Waals surface area contributed by atoms with E-state index < -0.39 is 0 Å². The first-order chi connectivity index (χ1) is 14.2. The van der Waals surface area contributed by atoms with Crippen LogP contribution >= 0.6 is 0 Å². The Hall–Kier alpha value is -3.80. The maximum atomic E-state index is 13.0. The lowest BCUT2D eigenvalue weighted by Crippen LogP contribution is -2.23. The Morgan fingerprint density at radius 3 is 2.55 bits per heavy atom. The number of nitrogens with one attached hydrogen (secondary N) is 1. The van der Waals surface area contributed by atoms with Crippen LogP contribution in [-0.4, -0.2) is 5.91 Å². The summed E-state index contributed by atoms with van der Waals surface area (Å²) in [5.74, 6) is 1.42. The van der Waals surface area contributed by atoms with E-state index in [9.17, 15) is 9.18 Å². The van der Waals surface area contributed by atoms with Crippen molar-refractivity contribution in [1.29, 1.82) is 0 Å². The summed E-state index contributed by atoms with van der Waals surface area (Å²) in [6, 6.07) is 20.6. The van der Waals surface area contributed by atoms with Gasteiger partial charge in [-0.1, -0.05) is 18.2 Å². The SMILES string of the molecule is O=C(NCc1ccc(-c2ccc(F)cc2)o1)c1occc1COc1ccccc1. The van der Waals surface area contributed by atoms with E-state index in [-0.39, 0.29) is 30.6 Å². The number of benzene rings is 2. The first kappa shape index (κ1) is 18.6. The Kier molecular flexibility index (Phi) is 5.42. The van der Waals surface area contributed by atoms with Gasteiger partial charge in [0.2, 0.25) is 0 Å². The second-order valence-corrected chi connectivity index (χ2v) is 6.33. The number of amides is 1. The van der Waals surface area contributed by atoms with Crippen LogP contribution in [0.4, 0.5) is 4.39 Å². The molecule has 0 atom stereocenters. The molecule has 0 spiro atoms. The number of carbonyl (C=O) groups is 1. The second-order valence-electron chi connectivity index (χ2n) is 6.33. The van der Waals surface area contributed by atoms with Gasteiger partial charge < -0.3 is 18.9 Å². The molecule has 1 amide bonds. The van der Waals surface area contributed by atoms with Crippen LogP contribution in [0.2, 0.25) is 0 Å². The highest BCUT2D eigenvalue weighted by Crippen LogP contribution is 2.22. The van der Waals surface area contributed by atoms with Gasteiger partial charge in [0.05, 0.1) is 12.8 Å². The van der Waals surface area contributed by atoms with Crippen LogP contribution < -0.4 is 10.1 Å². The molecule has 146 valence electrons. The van der Waals surface area contributed by atoms with Crippen molar-refractivity contribution < 1.29 is 22.8 Å². The number of rotatable bonds is 7. The van der Waals surface area contributed by atoms with E-state index in [0.29, 0.717) is 22.8 Å². The van der Waals surface area contributed by atoms with Crippen LogP contribution in [0, 0.1) is 5.82 Å². The van der Waals surface area contributed by atoms with Crippen molar-refractivity contribution >= 4 is 5.91 Å². The van der Waals surface area contributed by atoms with Crippen molar-refractivity contribution in [1.82, 2.24) is 5.32 Å². The van der Waals surface area contributed by atoms with E-state index in [0.717, 1.165) is 5.56 Å². The fourth-order valence-corrected chi connectivity index (χ4v) is 2.82. The highest BCUT2D eigenvalue weighted by atomic mass is 19.1. The van der Waals surface area contributed by atoms with Gasteiger partial charge in [0.1, 0.15) is 29.7 Å². The molecule has 4 aromatic rings. The molecule has 1 N–H and O–H groups in total. The third kappa shape index (κ3) is 4.55. The zero-order valence-corrected chi connectivity index (χ0v) is 15.4. The molecule has 0 unspecified atom stereocenters. The van der Waals surface area contributed by atoms with Gasteiger partial charge in [-0.2, -0.15) is 0 Å². The summed E-state index contributed by atoms with van der Waals surface area (Å²) in [6.45, 7) is 0.415. The lowest BCUT2D eigenvalue weighted by molar-refractivity contribution is 0.0917. The van der Waals surface area contributed by atoms with Crippen molar-refractivity contribution in [2.45, 2.75) is 13.2 Å². The van der Waals surface area contributed by atoms with E-state index in [4.69, 9.17) is 13.6 Å². The van der Waals surface area contributed by atoms with Gasteiger partial charge in [-0.3, -0.25) is 4.79 Å². The van der Waals surface area contributed by atoms with E-state index in [1.807, 2.05) is 30.3 Å². The third-order valence-electron chi connectivity index (χ3n) is 4.30. The van der Waals surface area contributed by atoms with E-state index in [1.54, 1.807) is 30.3 Å². The molecule has 2 aromatic heterocycles. The standard InChI is InChI=1S/C23H18FNO4/c24-18-8-6-16(7-9-18)21-11-10-20(29-21)14-25-23(26)22-17(12-13-27-22)15-28-19-4-2-1-3-5-19/h1-13H,14-15H2,(H,25,26). The van der Waals surface area contributed by atoms with Gasteiger partial charge in [-0.15, -0.1) is 0 Å². The molecule has 0 saturated carbocycles. The monoisotopic (exact) mass is 391 g/mol. The average Bonchev–Trinajstić information content (AvgIpc) is 3.41. The quantitative estimate of drug-likeness (QED) is 0.471. The molecule has 5 nitrogen and oxygen atoms in total. The zero-order chi connectivity index (χ0) is 20.1. The minimum atomic E-state index is -0.360. The summed E-state index contributed by atoms with van der Waals surface area (Å²) >= 11 is 0. The highest BCUT2D eigenvalue weighted by Gasteiger charge is 2.16. The Morgan fingerprint density at radius 1 is 0.966 bits per heavy atom. The smallest absolute Gasteiger partial charge is 0.287 e. The van der Waals surface area contributed by atoms with E-state index in [2.05, 4.69) is 5.32 Å². The maximum Gasteiger partial charge on any atom is 0.287 e. The van der Waals surface area contributed by atoms with Crippen molar-refractivity contribution in [3.8, 4) is 17.1 Å². The van der Waals surface area contributed by atoms with Gasteiger partial charge in [0, 0.05) is 11.1 Å². The van der Waals surface area contributed by atoms with Crippen molar-refractivity contribution in [2.75, 3.05) is 0 Å². The van der Waals surface area contributed by atoms with Gasteiger partial charge in [-0.05, 0) is 54.6 Å². The van der Waals surface area contributed by atoms with Crippen LogP contribution in [0.25, 0.3) is 11.3 Å². The van der Waals surface area contributed by atoms with E-state index >= 15 is 0 Å². The Morgan fingerprint density at radius 2 is 1.76 bits per heavy atom. The van der Waals surface area contributed by atoms with Crippen molar-refractivity contribution in [3.05, 3.63) is 102 Å². The first-order valence-corrected chi connectivity index (χ1v) is 9.06. The molecule has 4 rings (SSSR count). The first-order valence-electron chi connectivity index (χ1n) is 9.06. The largest absolute Gasteiger partial charge is 0.489 e. The van der Waals surface area contributed by atoms with Crippen molar-refractivity contribution in [3.63, 3.8) is 0 Å². The summed E-state index contributed by atoms with van der Waals surface area (Å²) in [5, 5.41) is 2.77. The third-order valence-corrected chi connectivity index (χ3v) is 4.30. The molecule has 0 aliphatic heterocycles. The molecular weight excluding hydrogens is 373 g/mol. The number of halogens is 1. The topological polar surface area (TPSA) is 64.6 Å². The minimum Gasteiger partial charge on any atom is -0.489 e. The second kappa shape index (κ2) is 8.48. The van der Waals surface area contributed by atoms with Gasteiger partial charge in [0.25, 0.3) is 5.91 Å². The summed E-state index contributed by atoms with van der Waals surface area (Å²) in [7, 11) is 0. The predicted octanol–water partition coefficient (Wildman–Crippen LogP) is 5.19. The van der Waals surface area contributed by atoms with Crippen LogP contribution in [0.1, 0.15) is 21.9 Å². The summed E-state index contributed by atoms with van der Waals surface area (Å²) in [5.41, 5.74) is 1.41. The average molecular weight is 391 g/mol. The number of furan rings is 2. The van der Waals surface area contributed by atoms with Gasteiger partial charge in [-0.25, -0.2) is 4.39 Å². The number of para-hydroxylation sites is 1. The summed E-state index contributed by atoms with van der Waals surface area (Å²) in [4.78, 5) is 12.5. The molecule has 0 aliphatic carbocycles. The molecular formula is C23H18FNO4. The van der Waals surface area contributed by atoms with Crippen LogP contribution in [-0.2, 0) is 13.2 Å². The van der Waals surface area contributed by atoms with Gasteiger partial charge in [0.15, 0.2) is 5.76 Å². The predicted molar refractivity (Wildman–Crippen MR) is 105 cm³/mol. The summed E-state index contributed by atoms with van der Waals surface area (Å²) < 4.78 is 29.8. The van der Waals surface area contributed by atoms with Crippen LogP contribution in [0.5, 0.6) is 5.75 Å². The molecule has 2 heterocycles. The Balaban J connectivity index is 1.36. The molecule has 0 saturated heterocycles. The number of ether oxygens (including phenoxy) is 1. The Labute approximate surface area is 166 Å². The number of hydrogen-bond acceptors (Lipinski definition) is 4. The molecule has 0 fully saturated rings. The highest BCUT2D eigenvalue weighted by molar-refractivity contribution is 5.92. The van der Waals surface area contributed by atoms with Crippen LogP contribution in [0.3, 0.4) is 0 Å². The van der Waals surface area contributed by atoms with E-state index in [1.165, 1.54) is 18.4 Å². The minimum absolute atomic E-state index is 0.194. The zero-order valence-electron chi connectivity index (χ0n) is 15.4. The summed E-state index contributed by atoms with van der Waals surface area (Å²) in [6.07, 6.45) is 1.46. The van der Waals surface area contributed by atoms with Gasteiger partial charge >= 0.3 is 0 Å². The molecule has 6 heteroatoms. The fraction of sp³-hybridized carbons (Fsp3) is 0.0870. The van der Waals surface area contributed by atoms with Crippen molar-refractivity contribution in [2.24, 2.45) is 0 Å². The van der Waals surface area contributed by atoms with Crippen LogP contribution in [0.15, 0.2) is 87.9 Å². The molecule has 29 heavy (non-hydrogen) atoms. The lowest BCUT2D eigenvalue weighted by atomic mass is 10.2. The molecule has 2 aromatic carbocycles. The fourth-order valence-electron chi connectivity index (χ4n) is 2.82. The maximum absolute atomic E-state index is 13.0. The molecule has 0 aliphatic rings. The lowest BCUT2D eigenvalue weighted by Gasteiger charge is -2.06. The number of hydrogen-bond donors (Lipinski definition) is 1. The Bertz CT molecular complexity index is 1080. The molecule has 0 radical (unpaired) electrons. The molecule has 0 bridgehead atoms.